The van der Waals surface area contributed by atoms with Crippen molar-refractivity contribution in [3.63, 3.8) is 0 Å². The highest BCUT2D eigenvalue weighted by molar-refractivity contribution is 5.82. The fraction of sp³-hybridized carbons (Fsp3) is 0.909. The molecular weight excluding hydrogens is 192 g/mol. The molecule has 0 bridgehead atoms. The second-order valence-corrected chi connectivity index (χ2v) is 4.52. The van der Waals surface area contributed by atoms with E-state index in [2.05, 4.69) is 10.2 Å². The fourth-order valence-electron chi connectivity index (χ4n) is 2.38. The largest absolute Gasteiger partial charge is 0.376 e. The van der Waals surface area contributed by atoms with Gasteiger partial charge in [0.15, 0.2) is 0 Å². The van der Waals surface area contributed by atoms with Crippen molar-refractivity contribution in [1.29, 1.82) is 0 Å². The second kappa shape index (κ2) is 4.94. The lowest BCUT2D eigenvalue weighted by Gasteiger charge is -2.19. The van der Waals surface area contributed by atoms with E-state index in [0.29, 0.717) is 6.54 Å². The maximum atomic E-state index is 11.8. The lowest BCUT2D eigenvalue weighted by atomic mass is 10.2. The normalized spacial score (nSPS) is 32.1. The van der Waals surface area contributed by atoms with Gasteiger partial charge in [-0.2, -0.15) is 0 Å². The molecule has 0 aromatic carbocycles. The van der Waals surface area contributed by atoms with Crippen molar-refractivity contribution in [2.75, 3.05) is 26.7 Å². The number of carbonyl (C=O) groups is 1. The standard InChI is InChI=1S/C11H20N2O2/c1-13-6-2-5-10(13)11(14)12-8-9-4-3-7-15-9/h9-10H,2-8H2,1H3,(H,12,14). The van der Waals surface area contributed by atoms with E-state index in [9.17, 15) is 4.79 Å². The number of ether oxygens (including phenoxy) is 1. The van der Waals surface area contributed by atoms with Crippen LogP contribution in [0.1, 0.15) is 25.7 Å². The van der Waals surface area contributed by atoms with E-state index in [1.54, 1.807) is 0 Å². The third-order valence-electron chi connectivity index (χ3n) is 3.35. The molecule has 86 valence electrons. The Bertz CT molecular complexity index is 227. The van der Waals surface area contributed by atoms with E-state index in [1.807, 2.05) is 7.05 Å². The first-order valence-electron chi connectivity index (χ1n) is 5.87. The number of likely N-dealkylation sites (N-methyl/N-ethyl adjacent to an activating group) is 1. The summed E-state index contributed by atoms with van der Waals surface area (Å²) in [5.74, 6) is 0.172. The molecule has 1 N–H and O–H groups in total. The molecule has 2 fully saturated rings. The summed E-state index contributed by atoms with van der Waals surface area (Å²) < 4.78 is 5.46. The van der Waals surface area contributed by atoms with Gasteiger partial charge >= 0.3 is 0 Å². The van der Waals surface area contributed by atoms with Crippen molar-refractivity contribution in [3.8, 4) is 0 Å². The average molecular weight is 212 g/mol. The predicted octanol–water partition coefficient (Wildman–Crippen LogP) is 0.376. The molecule has 0 aliphatic carbocycles. The highest BCUT2D eigenvalue weighted by Gasteiger charge is 2.28. The van der Waals surface area contributed by atoms with Crippen LogP contribution in [0.3, 0.4) is 0 Å². The molecule has 2 rings (SSSR count). The van der Waals surface area contributed by atoms with Crippen LogP contribution >= 0.6 is 0 Å². The Kier molecular flexibility index (Phi) is 3.59. The number of hydrogen-bond donors (Lipinski definition) is 1. The topological polar surface area (TPSA) is 41.6 Å². The molecule has 4 heteroatoms. The SMILES string of the molecule is CN1CCCC1C(=O)NCC1CCCO1. The fourth-order valence-corrected chi connectivity index (χ4v) is 2.38. The average Bonchev–Trinajstić information content (AvgIpc) is 2.84. The minimum Gasteiger partial charge on any atom is -0.376 e. The molecule has 2 aliphatic rings. The molecule has 0 saturated carbocycles. The number of nitrogens with zero attached hydrogens (tertiary/aromatic N) is 1. The van der Waals surface area contributed by atoms with Gasteiger partial charge in [0.05, 0.1) is 12.1 Å². The monoisotopic (exact) mass is 212 g/mol. The van der Waals surface area contributed by atoms with E-state index < -0.39 is 0 Å². The van der Waals surface area contributed by atoms with E-state index >= 15 is 0 Å². The zero-order valence-corrected chi connectivity index (χ0v) is 9.37. The van der Waals surface area contributed by atoms with Gasteiger partial charge in [-0.05, 0) is 39.3 Å². The molecule has 2 saturated heterocycles. The number of amides is 1. The molecule has 4 nitrogen and oxygen atoms in total. The lowest BCUT2D eigenvalue weighted by molar-refractivity contribution is -0.125. The van der Waals surface area contributed by atoms with E-state index in [4.69, 9.17) is 4.74 Å². The van der Waals surface area contributed by atoms with Crippen LogP contribution in [-0.4, -0.2) is 49.7 Å². The zero-order chi connectivity index (χ0) is 10.7. The van der Waals surface area contributed by atoms with Crippen LogP contribution in [0, 0.1) is 0 Å². The van der Waals surface area contributed by atoms with E-state index in [0.717, 1.165) is 38.8 Å². The van der Waals surface area contributed by atoms with Gasteiger partial charge in [0.25, 0.3) is 0 Å². The summed E-state index contributed by atoms with van der Waals surface area (Å²) in [7, 11) is 2.02. The molecule has 15 heavy (non-hydrogen) atoms. The summed E-state index contributed by atoms with van der Waals surface area (Å²) in [5.41, 5.74) is 0. The first-order chi connectivity index (χ1) is 7.27. The quantitative estimate of drug-likeness (QED) is 0.735. The van der Waals surface area contributed by atoms with Gasteiger partial charge < -0.3 is 10.1 Å². The van der Waals surface area contributed by atoms with Crippen molar-refractivity contribution in [3.05, 3.63) is 0 Å². The molecule has 0 aromatic heterocycles. The molecule has 2 atom stereocenters. The van der Waals surface area contributed by atoms with Crippen LogP contribution in [0.25, 0.3) is 0 Å². The van der Waals surface area contributed by atoms with Crippen molar-refractivity contribution in [2.45, 2.75) is 37.8 Å². The summed E-state index contributed by atoms with van der Waals surface area (Å²) >= 11 is 0. The van der Waals surface area contributed by atoms with Crippen LogP contribution in [-0.2, 0) is 9.53 Å². The summed E-state index contributed by atoms with van der Waals surface area (Å²) in [6, 6.07) is 0.0893. The Morgan fingerprint density at radius 2 is 2.33 bits per heavy atom. The number of hydrogen-bond acceptors (Lipinski definition) is 3. The minimum atomic E-state index is 0.0893. The number of carbonyl (C=O) groups excluding carboxylic acids is 1. The highest BCUT2D eigenvalue weighted by atomic mass is 16.5. The zero-order valence-electron chi connectivity index (χ0n) is 9.37. The Balaban J connectivity index is 1.71. The molecule has 1 amide bonds. The molecule has 0 radical (unpaired) electrons. The van der Waals surface area contributed by atoms with Crippen molar-refractivity contribution in [1.82, 2.24) is 10.2 Å². The summed E-state index contributed by atoms with van der Waals surface area (Å²) in [4.78, 5) is 13.9. The van der Waals surface area contributed by atoms with E-state index in [-0.39, 0.29) is 18.1 Å². The summed E-state index contributed by atoms with van der Waals surface area (Å²) in [6.07, 6.45) is 4.59. The van der Waals surface area contributed by atoms with Gasteiger partial charge in [0.1, 0.15) is 0 Å². The Morgan fingerprint density at radius 1 is 1.47 bits per heavy atom. The third kappa shape index (κ3) is 2.69. The Morgan fingerprint density at radius 3 is 2.93 bits per heavy atom. The summed E-state index contributed by atoms with van der Waals surface area (Å²) in [6.45, 7) is 2.57. The minimum absolute atomic E-state index is 0.0893. The maximum Gasteiger partial charge on any atom is 0.237 e. The number of likely N-dealkylation sites (tertiary alicyclic amines) is 1. The van der Waals surface area contributed by atoms with Crippen molar-refractivity contribution in [2.24, 2.45) is 0 Å². The van der Waals surface area contributed by atoms with Crippen LogP contribution in [0.15, 0.2) is 0 Å². The molecule has 0 aromatic rings. The van der Waals surface area contributed by atoms with Crippen LogP contribution < -0.4 is 5.32 Å². The predicted molar refractivity (Wildman–Crippen MR) is 57.6 cm³/mol. The van der Waals surface area contributed by atoms with Gasteiger partial charge in [-0.3, -0.25) is 9.69 Å². The van der Waals surface area contributed by atoms with E-state index in [1.165, 1.54) is 0 Å². The van der Waals surface area contributed by atoms with Crippen molar-refractivity contribution >= 4 is 5.91 Å². The van der Waals surface area contributed by atoms with Crippen LogP contribution in [0.4, 0.5) is 0 Å². The van der Waals surface area contributed by atoms with Crippen molar-refractivity contribution < 1.29 is 9.53 Å². The molecule has 2 unspecified atom stereocenters. The first kappa shape index (κ1) is 10.9. The Labute approximate surface area is 91.0 Å². The van der Waals surface area contributed by atoms with Gasteiger partial charge in [-0.1, -0.05) is 0 Å². The number of nitrogens with one attached hydrogen (secondary N) is 1. The lowest BCUT2D eigenvalue weighted by Crippen LogP contribution is -2.43. The first-order valence-corrected chi connectivity index (χ1v) is 5.87. The molecule has 2 heterocycles. The molecular formula is C11H20N2O2. The second-order valence-electron chi connectivity index (χ2n) is 4.52. The van der Waals surface area contributed by atoms with Gasteiger partial charge in [-0.25, -0.2) is 0 Å². The molecule has 0 spiro atoms. The smallest absolute Gasteiger partial charge is 0.237 e. The van der Waals surface area contributed by atoms with Gasteiger partial charge in [-0.15, -0.1) is 0 Å². The van der Waals surface area contributed by atoms with Crippen LogP contribution in [0.5, 0.6) is 0 Å². The maximum absolute atomic E-state index is 11.8. The third-order valence-corrected chi connectivity index (χ3v) is 3.35. The molecule has 2 aliphatic heterocycles. The Hall–Kier alpha value is -0.610. The van der Waals surface area contributed by atoms with Gasteiger partial charge in [0, 0.05) is 13.2 Å². The number of rotatable bonds is 3. The van der Waals surface area contributed by atoms with Crippen LogP contribution in [0.2, 0.25) is 0 Å². The summed E-state index contributed by atoms with van der Waals surface area (Å²) in [5, 5.41) is 2.99. The highest BCUT2D eigenvalue weighted by Crippen LogP contribution is 2.15. The van der Waals surface area contributed by atoms with Gasteiger partial charge in [0.2, 0.25) is 5.91 Å².